The molecule has 0 saturated heterocycles. The molecule has 3 N–H and O–H groups in total. The predicted octanol–water partition coefficient (Wildman–Crippen LogP) is 7.04. The number of rotatable bonds is 7. The van der Waals surface area contributed by atoms with Crippen LogP contribution in [0.4, 0.5) is 5.69 Å². The van der Waals surface area contributed by atoms with E-state index in [9.17, 15) is 14.4 Å². The summed E-state index contributed by atoms with van der Waals surface area (Å²) in [6.45, 7) is 6.40. The van der Waals surface area contributed by atoms with E-state index in [-0.39, 0.29) is 17.7 Å². The molecule has 0 atom stereocenters. The lowest BCUT2D eigenvalue weighted by atomic mass is 9.86. The standard InChI is InChI=1S/C22H28N2O3.C11H8O/c1-22(2,3)16-10-11-18(19(14-16)23-4)21(27)24-17-8-6-5-7-15(13-17)9-12-20(25)26;12-8-9-5-6-10-3-1-2-4-11(10)7-9/h6-8,10-11,13-14,23H,5,9,12H2,1-4H3,(H,24,27)(H,25,26);1-8H. The molecular weight excluding hydrogens is 488 g/mol. The molecule has 3 aromatic rings. The largest absolute Gasteiger partial charge is 0.481 e. The number of carboxylic acids is 1. The van der Waals surface area contributed by atoms with Crippen molar-refractivity contribution in [3.8, 4) is 0 Å². The Balaban J connectivity index is 0.000000289. The van der Waals surface area contributed by atoms with Crippen molar-refractivity contribution in [1.82, 2.24) is 5.32 Å². The van der Waals surface area contributed by atoms with E-state index < -0.39 is 5.97 Å². The molecule has 0 radical (unpaired) electrons. The second-order valence-electron chi connectivity index (χ2n) is 10.3. The summed E-state index contributed by atoms with van der Waals surface area (Å²) in [5.41, 5.74) is 4.80. The first kappa shape index (κ1) is 29.1. The van der Waals surface area contributed by atoms with Gasteiger partial charge in [0.2, 0.25) is 0 Å². The number of benzene rings is 3. The van der Waals surface area contributed by atoms with Crippen LogP contribution in [0.2, 0.25) is 0 Å². The van der Waals surface area contributed by atoms with E-state index in [1.165, 1.54) is 5.39 Å². The highest BCUT2D eigenvalue weighted by atomic mass is 16.4. The third-order valence-electron chi connectivity index (χ3n) is 6.35. The molecule has 1 aliphatic rings. The number of aldehydes is 1. The fourth-order valence-electron chi connectivity index (χ4n) is 4.12. The van der Waals surface area contributed by atoms with Crippen molar-refractivity contribution >= 4 is 34.6 Å². The van der Waals surface area contributed by atoms with E-state index in [1.54, 1.807) is 7.05 Å². The van der Waals surface area contributed by atoms with Gasteiger partial charge in [-0.15, -0.1) is 0 Å². The number of carbonyl (C=O) groups excluding carboxylic acids is 2. The second-order valence-corrected chi connectivity index (χ2v) is 10.3. The Bertz CT molecular complexity index is 1440. The molecule has 0 bridgehead atoms. The van der Waals surface area contributed by atoms with Gasteiger partial charge in [0.15, 0.2) is 0 Å². The molecule has 0 heterocycles. The van der Waals surface area contributed by atoms with Gasteiger partial charge >= 0.3 is 5.97 Å². The lowest BCUT2D eigenvalue weighted by molar-refractivity contribution is -0.136. The molecule has 0 aromatic heterocycles. The monoisotopic (exact) mass is 524 g/mol. The van der Waals surface area contributed by atoms with E-state index in [4.69, 9.17) is 5.11 Å². The number of carbonyl (C=O) groups is 3. The van der Waals surface area contributed by atoms with Gasteiger partial charge in [-0.05, 0) is 70.5 Å². The van der Waals surface area contributed by atoms with Crippen LogP contribution in [-0.4, -0.2) is 30.3 Å². The van der Waals surface area contributed by atoms with Crippen LogP contribution < -0.4 is 10.6 Å². The number of allylic oxidation sites excluding steroid dienone is 5. The van der Waals surface area contributed by atoms with Crippen molar-refractivity contribution < 1.29 is 19.5 Å². The Hall–Kier alpha value is -4.45. The highest BCUT2D eigenvalue weighted by Gasteiger charge is 2.18. The maximum atomic E-state index is 12.8. The molecule has 0 saturated carbocycles. The summed E-state index contributed by atoms with van der Waals surface area (Å²) in [5, 5.41) is 17.2. The number of fused-ring (bicyclic) bond motifs is 1. The van der Waals surface area contributed by atoms with Crippen molar-refractivity contribution in [2.45, 2.75) is 45.4 Å². The zero-order valence-corrected chi connectivity index (χ0v) is 23.0. The molecule has 3 aromatic carbocycles. The van der Waals surface area contributed by atoms with E-state index in [0.29, 0.717) is 24.1 Å². The third kappa shape index (κ3) is 8.54. The summed E-state index contributed by atoms with van der Waals surface area (Å²) < 4.78 is 0. The van der Waals surface area contributed by atoms with Crippen molar-refractivity contribution in [2.75, 3.05) is 12.4 Å². The highest BCUT2D eigenvalue weighted by molar-refractivity contribution is 6.01. The summed E-state index contributed by atoms with van der Waals surface area (Å²) in [7, 11) is 1.80. The summed E-state index contributed by atoms with van der Waals surface area (Å²) in [5.74, 6) is -1.03. The Kier molecular flexibility index (Phi) is 9.98. The summed E-state index contributed by atoms with van der Waals surface area (Å²) in [4.78, 5) is 34.0. The van der Waals surface area contributed by atoms with E-state index in [1.807, 2.05) is 85.0 Å². The molecule has 0 spiro atoms. The van der Waals surface area contributed by atoms with Gasteiger partial charge < -0.3 is 15.7 Å². The number of carboxylic acid groups (broad SMARTS) is 1. The van der Waals surface area contributed by atoms with Crippen LogP contribution in [0.15, 0.2) is 96.2 Å². The van der Waals surface area contributed by atoms with Crippen molar-refractivity contribution in [2.24, 2.45) is 0 Å². The average molecular weight is 525 g/mol. The van der Waals surface area contributed by atoms with Crippen LogP contribution in [0.3, 0.4) is 0 Å². The maximum absolute atomic E-state index is 12.8. The molecule has 202 valence electrons. The maximum Gasteiger partial charge on any atom is 0.303 e. The van der Waals surface area contributed by atoms with Crippen molar-refractivity contribution in [1.29, 1.82) is 0 Å². The van der Waals surface area contributed by atoms with E-state index in [2.05, 4.69) is 31.4 Å². The van der Waals surface area contributed by atoms with Gasteiger partial charge in [0.05, 0.1) is 5.56 Å². The molecule has 1 aliphatic carbocycles. The molecule has 0 aliphatic heterocycles. The molecule has 0 unspecified atom stereocenters. The Morgan fingerprint density at radius 3 is 2.41 bits per heavy atom. The van der Waals surface area contributed by atoms with Crippen LogP contribution in [0.25, 0.3) is 10.8 Å². The van der Waals surface area contributed by atoms with Gasteiger partial charge in [0.1, 0.15) is 6.29 Å². The molecule has 39 heavy (non-hydrogen) atoms. The van der Waals surface area contributed by atoms with E-state index >= 15 is 0 Å². The first-order valence-electron chi connectivity index (χ1n) is 13.0. The number of hydrogen-bond donors (Lipinski definition) is 3. The van der Waals surface area contributed by atoms with Crippen LogP contribution in [-0.2, 0) is 10.2 Å². The quantitative estimate of drug-likeness (QED) is 0.288. The minimum absolute atomic E-state index is 0.00298. The SMILES string of the molecule is CNc1cc(C(C)(C)C)ccc1C(=O)NC1=CC(CCC(=O)O)=CCC=C1.O=Cc1ccc2ccccc2c1. The van der Waals surface area contributed by atoms with Gasteiger partial charge in [0, 0.05) is 30.4 Å². The Morgan fingerprint density at radius 2 is 1.74 bits per heavy atom. The van der Waals surface area contributed by atoms with Gasteiger partial charge in [0.25, 0.3) is 5.91 Å². The normalized spacial score (nSPS) is 12.8. The zero-order chi connectivity index (χ0) is 28.4. The molecule has 6 heteroatoms. The van der Waals surface area contributed by atoms with Gasteiger partial charge in [-0.3, -0.25) is 14.4 Å². The summed E-state index contributed by atoms with van der Waals surface area (Å²) >= 11 is 0. The smallest absolute Gasteiger partial charge is 0.303 e. The number of amides is 1. The van der Waals surface area contributed by atoms with Crippen molar-refractivity contribution in [3.63, 3.8) is 0 Å². The molecule has 6 nitrogen and oxygen atoms in total. The predicted molar refractivity (Wildman–Crippen MR) is 158 cm³/mol. The number of nitrogens with one attached hydrogen (secondary N) is 2. The third-order valence-corrected chi connectivity index (χ3v) is 6.35. The van der Waals surface area contributed by atoms with Gasteiger partial charge in [-0.1, -0.05) is 75.4 Å². The zero-order valence-electron chi connectivity index (χ0n) is 23.0. The van der Waals surface area contributed by atoms with Gasteiger partial charge in [-0.2, -0.15) is 0 Å². The lowest BCUT2D eigenvalue weighted by Crippen LogP contribution is -2.23. The molecule has 1 amide bonds. The fraction of sp³-hybridized carbons (Fsp3) is 0.242. The number of aliphatic carboxylic acids is 1. The molecule has 4 rings (SSSR count). The minimum Gasteiger partial charge on any atom is -0.481 e. The summed E-state index contributed by atoms with van der Waals surface area (Å²) in [6, 6.07) is 19.5. The van der Waals surface area contributed by atoms with Crippen LogP contribution in [0, 0.1) is 0 Å². The topological polar surface area (TPSA) is 95.5 Å². The number of anilines is 1. The minimum atomic E-state index is -0.829. The Labute approximate surface area is 230 Å². The molecular formula is C33H36N2O4. The van der Waals surface area contributed by atoms with Crippen LogP contribution in [0.1, 0.15) is 66.3 Å². The Morgan fingerprint density at radius 1 is 1.00 bits per heavy atom. The second kappa shape index (κ2) is 13.4. The van der Waals surface area contributed by atoms with Crippen molar-refractivity contribution in [3.05, 3.63) is 113 Å². The number of hydrogen-bond acceptors (Lipinski definition) is 4. The summed E-state index contributed by atoms with van der Waals surface area (Å²) in [6.07, 6.45) is 9.72. The first-order chi connectivity index (χ1) is 18.6. The highest BCUT2D eigenvalue weighted by Crippen LogP contribution is 2.27. The molecule has 0 fully saturated rings. The average Bonchev–Trinajstić information content (AvgIpc) is 3.15. The van der Waals surface area contributed by atoms with Crippen LogP contribution in [0.5, 0.6) is 0 Å². The van der Waals surface area contributed by atoms with Gasteiger partial charge in [-0.25, -0.2) is 0 Å². The first-order valence-corrected chi connectivity index (χ1v) is 13.0. The lowest BCUT2D eigenvalue weighted by Gasteiger charge is -2.21. The fourth-order valence-corrected chi connectivity index (χ4v) is 4.12. The van der Waals surface area contributed by atoms with Crippen LogP contribution >= 0.6 is 0 Å². The van der Waals surface area contributed by atoms with E-state index in [0.717, 1.165) is 34.1 Å².